The summed E-state index contributed by atoms with van der Waals surface area (Å²) in [5.41, 5.74) is 2.43. The maximum absolute atomic E-state index is 11.8. The van der Waals surface area contributed by atoms with Gasteiger partial charge in [0.2, 0.25) is 0 Å². The normalized spacial score (nSPS) is 13.9. The topological polar surface area (TPSA) is 113 Å². The van der Waals surface area contributed by atoms with Crippen molar-refractivity contribution in [1.29, 1.82) is 0 Å². The van der Waals surface area contributed by atoms with Crippen LogP contribution in [0.4, 0.5) is 11.6 Å². The lowest BCUT2D eigenvalue weighted by Gasteiger charge is -2.24. The van der Waals surface area contributed by atoms with Gasteiger partial charge in [-0.3, -0.25) is 0 Å². The number of carboxylic acids is 1. The third kappa shape index (κ3) is 8.21. The molecule has 9 nitrogen and oxygen atoms in total. The van der Waals surface area contributed by atoms with Gasteiger partial charge in [-0.2, -0.15) is 0 Å². The summed E-state index contributed by atoms with van der Waals surface area (Å²) < 4.78 is 5.89. The summed E-state index contributed by atoms with van der Waals surface area (Å²) in [7, 11) is 1.68. The van der Waals surface area contributed by atoms with Crippen LogP contribution < -0.4 is 10.6 Å². The van der Waals surface area contributed by atoms with Crippen molar-refractivity contribution in [1.82, 2.24) is 19.9 Å². The van der Waals surface area contributed by atoms with Crippen molar-refractivity contribution < 1.29 is 14.6 Å². The smallest absolute Gasteiger partial charge is 0.326 e. The molecule has 2 aromatic rings. The zero-order chi connectivity index (χ0) is 23.5. The fourth-order valence-corrected chi connectivity index (χ4v) is 4.19. The van der Waals surface area contributed by atoms with Gasteiger partial charge in [0.1, 0.15) is 24.0 Å². The minimum absolute atomic E-state index is 0.452. The van der Waals surface area contributed by atoms with Gasteiger partial charge < -0.3 is 25.4 Å². The standard InChI is InChI=1S/C23H33BrN6O3/c1-33-14-13-30(12-9-20(23(31)32)29-22-19(24)15-25-16-27-22)11-3-2-6-18-8-7-17-5-4-10-26-21(17)28-18/h7-8,15-16,20H,2-6,9-14H2,1H3,(H,26,28)(H,31,32)(H,25,27,29). The van der Waals surface area contributed by atoms with Crippen LogP contribution in [0.2, 0.25) is 0 Å². The highest BCUT2D eigenvalue weighted by Crippen LogP contribution is 2.21. The van der Waals surface area contributed by atoms with E-state index in [1.807, 2.05) is 0 Å². The molecule has 0 radical (unpaired) electrons. The molecule has 1 atom stereocenters. The fraction of sp³-hybridized carbons (Fsp3) is 0.565. The Kier molecular flexibility index (Phi) is 10.3. The van der Waals surface area contributed by atoms with E-state index in [9.17, 15) is 9.90 Å². The van der Waals surface area contributed by atoms with Crippen molar-refractivity contribution in [2.75, 3.05) is 50.5 Å². The number of aliphatic carboxylic acids is 1. The van der Waals surface area contributed by atoms with E-state index in [0.717, 1.165) is 56.8 Å². The van der Waals surface area contributed by atoms with Crippen LogP contribution in [-0.2, 0) is 22.4 Å². The number of carbonyl (C=O) groups is 1. The Morgan fingerprint density at radius 1 is 1.33 bits per heavy atom. The second kappa shape index (κ2) is 13.4. The predicted molar refractivity (Wildman–Crippen MR) is 132 cm³/mol. The van der Waals surface area contributed by atoms with Crippen LogP contribution in [0.3, 0.4) is 0 Å². The van der Waals surface area contributed by atoms with E-state index in [1.54, 1.807) is 13.3 Å². The molecule has 1 aliphatic rings. The van der Waals surface area contributed by atoms with Crippen molar-refractivity contribution in [3.05, 3.63) is 40.4 Å². The maximum Gasteiger partial charge on any atom is 0.326 e. The monoisotopic (exact) mass is 520 g/mol. The first-order valence-electron chi connectivity index (χ1n) is 11.5. The number of unbranched alkanes of at least 4 members (excludes halogenated alkanes) is 1. The highest BCUT2D eigenvalue weighted by molar-refractivity contribution is 9.10. The SMILES string of the molecule is COCCN(CCCCc1ccc2c(n1)NCCC2)CCC(Nc1ncncc1Br)C(=O)O. The van der Waals surface area contributed by atoms with Crippen molar-refractivity contribution in [2.24, 2.45) is 0 Å². The Labute approximate surface area is 203 Å². The number of fused-ring (bicyclic) bond motifs is 1. The molecule has 0 spiro atoms. The molecule has 10 heteroatoms. The van der Waals surface area contributed by atoms with Crippen LogP contribution in [0.1, 0.15) is 36.9 Å². The fourth-order valence-electron chi connectivity index (χ4n) is 3.86. The van der Waals surface area contributed by atoms with Crippen LogP contribution in [-0.4, -0.2) is 76.9 Å². The predicted octanol–water partition coefficient (Wildman–Crippen LogP) is 3.22. The van der Waals surface area contributed by atoms with Gasteiger partial charge in [-0.25, -0.2) is 19.7 Å². The number of methoxy groups -OCH3 is 1. The van der Waals surface area contributed by atoms with Crippen LogP contribution in [0.15, 0.2) is 29.1 Å². The van der Waals surface area contributed by atoms with Gasteiger partial charge in [-0.05, 0) is 72.6 Å². The highest BCUT2D eigenvalue weighted by atomic mass is 79.9. The molecule has 33 heavy (non-hydrogen) atoms. The van der Waals surface area contributed by atoms with Crippen LogP contribution >= 0.6 is 15.9 Å². The molecular formula is C23H33BrN6O3. The van der Waals surface area contributed by atoms with Gasteiger partial charge in [0.15, 0.2) is 0 Å². The van der Waals surface area contributed by atoms with Crippen molar-refractivity contribution >= 4 is 33.5 Å². The number of carboxylic acid groups (broad SMARTS) is 1. The summed E-state index contributed by atoms with van der Waals surface area (Å²) >= 11 is 3.35. The molecule has 1 aliphatic heterocycles. The lowest BCUT2D eigenvalue weighted by Crippen LogP contribution is -2.37. The number of aromatic nitrogens is 3. The molecule has 3 N–H and O–H groups in total. The Bertz CT molecular complexity index is 900. The average Bonchev–Trinajstić information content (AvgIpc) is 2.82. The van der Waals surface area contributed by atoms with E-state index in [-0.39, 0.29) is 0 Å². The molecule has 0 saturated heterocycles. The van der Waals surface area contributed by atoms with Crippen molar-refractivity contribution in [2.45, 2.75) is 44.6 Å². The van der Waals surface area contributed by atoms with E-state index >= 15 is 0 Å². The summed E-state index contributed by atoms with van der Waals surface area (Å²) in [4.78, 5) is 26.9. The second-order valence-corrected chi connectivity index (χ2v) is 9.03. The quantitative estimate of drug-likeness (QED) is 0.323. The summed E-state index contributed by atoms with van der Waals surface area (Å²) in [6, 6.07) is 3.60. The number of halogens is 1. The van der Waals surface area contributed by atoms with Crippen LogP contribution in [0, 0.1) is 0 Å². The number of pyridine rings is 1. The largest absolute Gasteiger partial charge is 0.480 e. The average molecular weight is 521 g/mol. The van der Waals surface area contributed by atoms with Gasteiger partial charge in [0.25, 0.3) is 0 Å². The number of aryl methyl sites for hydroxylation is 2. The first kappa shape index (κ1) is 25.3. The number of anilines is 2. The van der Waals surface area contributed by atoms with Crippen molar-refractivity contribution in [3.8, 4) is 0 Å². The summed E-state index contributed by atoms with van der Waals surface area (Å²) in [5.74, 6) is 0.621. The van der Waals surface area contributed by atoms with Crippen molar-refractivity contribution in [3.63, 3.8) is 0 Å². The molecule has 2 aromatic heterocycles. The van der Waals surface area contributed by atoms with Gasteiger partial charge >= 0.3 is 5.97 Å². The van der Waals surface area contributed by atoms with Gasteiger partial charge in [-0.1, -0.05) is 6.07 Å². The highest BCUT2D eigenvalue weighted by Gasteiger charge is 2.20. The molecule has 0 aromatic carbocycles. The number of rotatable bonds is 14. The molecular weight excluding hydrogens is 488 g/mol. The first-order chi connectivity index (χ1) is 16.1. The molecule has 3 rings (SSSR count). The Morgan fingerprint density at radius 3 is 3.00 bits per heavy atom. The first-order valence-corrected chi connectivity index (χ1v) is 12.2. The Balaban J connectivity index is 1.47. The number of nitrogens with one attached hydrogen (secondary N) is 2. The van der Waals surface area contributed by atoms with E-state index < -0.39 is 12.0 Å². The molecule has 3 heterocycles. The third-order valence-corrected chi connectivity index (χ3v) is 6.31. The summed E-state index contributed by atoms with van der Waals surface area (Å²) in [6.45, 7) is 3.91. The minimum Gasteiger partial charge on any atom is -0.480 e. The van der Waals surface area contributed by atoms with Crippen LogP contribution in [0.25, 0.3) is 0 Å². The molecule has 1 unspecified atom stereocenters. The zero-order valence-corrected chi connectivity index (χ0v) is 20.7. The summed E-state index contributed by atoms with van der Waals surface area (Å²) in [6.07, 6.45) is 8.69. The lowest BCUT2D eigenvalue weighted by atomic mass is 10.1. The number of hydrogen-bond acceptors (Lipinski definition) is 8. The molecule has 0 fully saturated rings. The summed E-state index contributed by atoms with van der Waals surface area (Å²) in [5, 5.41) is 16.1. The second-order valence-electron chi connectivity index (χ2n) is 8.18. The minimum atomic E-state index is -0.903. The van der Waals surface area contributed by atoms with Gasteiger partial charge in [0, 0.05) is 38.6 Å². The van der Waals surface area contributed by atoms with Gasteiger partial charge in [-0.15, -0.1) is 0 Å². The zero-order valence-electron chi connectivity index (χ0n) is 19.1. The Morgan fingerprint density at radius 2 is 2.21 bits per heavy atom. The lowest BCUT2D eigenvalue weighted by molar-refractivity contribution is -0.138. The van der Waals surface area contributed by atoms with E-state index in [2.05, 4.69) is 53.6 Å². The Hall–Kier alpha value is -2.30. The molecule has 0 amide bonds. The number of hydrogen-bond donors (Lipinski definition) is 3. The number of ether oxygens (including phenoxy) is 1. The number of nitrogens with zero attached hydrogens (tertiary/aromatic N) is 4. The van der Waals surface area contributed by atoms with E-state index in [1.165, 1.54) is 18.3 Å². The van der Waals surface area contributed by atoms with E-state index in [0.29, 0.717) is 29.9 Å². The third-order valence-electron chi connectivity index (χ3n) is 5.73. The van der Waals surface area contributed by atoms with Gasteiger partial charge in [0.05, 0.1) is 11.1 Å². The molecule has 180 valence electrons. The van der Waals surface area contributed by atoms with E-state index in [4.69, 9.17) is 9.72 Å². The maximum atomic E-state index is 11.8. The molecule has 0 saturated carbocycles. The molecule has 0 aliphatic carbocycles. The molecule has 0 bridgehead atoms. The van der Waals surface area contributed by atoms with Crippen LogP contribution in [0.5, 0.6) is 0 Å².